The third-order valence-corrected chi connectivity index (χ3v) is 5.55. The molecular formula is C16H21BrN4O2. The van der Waals surface area contributed by atoms with Crippen molar-refractivity contribution in [3.63, 3.8) is 0 Å². The summed E-state index contributed by atoms with van der Waals surface area (Å²) in [5.74, 6) is 1.20. The lowest BCUT2D eigenvalue weighted by Gasteiger charge is -2.42. The molecule has 7 heteroatoms. The van der Waals surface area contributed by atoms with Crippen molar-refractivity contribution in [3.05, 3.63) is 22.8 Å². The smallest absolute Gasteiger partial charge is 0.311 e. The van der Waals surface area contributed by atoms with Gasteiger partial charge in [0.05, 0.1) is 12.5 Å². The second-order valence-corrected chi connectivity index (χ2v) is 7.65. The van der Waals surface area contributed by atoms with Gasteiger partial charge in [0.25, 0.3) is 0 Å². The first-order chi connectivity index (χ1) is 10.8. The lowest BCUT2D eigenvalue weighted by molar-refractivity contribution is -0.155. The molecule has 1 aliphatic rings. The molecule has 0 aromatic carbocycles. The monoisotopic (exact) mass is 380 g/mol. The zero-order valence-electron chi connectivity index (χ0n) is 13.6. The van der Waals surface area contributed by atoms with Gasteiger partial charge >= 0.3 is 5.97 Å². The zero-order valence-corrected chi connectivity index (χ0v) is 15.2. The fourth-order valence-corrected chi connectivity index (χ4v) is 4.53. The molecule has 0 radical (unpaired) electrons. The molecule has 2 N–H and O–H groups in total. The number of methoxy groups -OCH3 is 1. The van der Waals surface area contributed by atoms with Crippen molar-refractivity contribution in [1.29, 1.82) is 0 Å². The van der Waals surface area contributed by atoms with Crippen LogP contribution in [0.1, 0.15) is 45.4 Å². The fourth-order valence-electron chi connectivity index (χ4n) is 3.96. The van der Waals surface area contributed by atoms with Gasteiger partial charge in [-0.1, -0.05) is 13.3 Å². The Balaban J connectivity index is 2.10. The van der Waals surface area contributed by atoms with Crippen LogP contribution in [0.3, 0.4) is 0 Å². The van der Waals surface area contributed by atoms with Crippen LogP contribution in [0.15, 0.2) is 17.0 Å². The van der Waals surface area contributed by atoms with Crippen molar-refractivity contribution in [2.45, 2.75) is 44.9 Å². The average Bonchev–Trinajstić information content (AvgIpc) is 2.85. The Kier molecular flexibility index (Phi) is 3.86. The largest absolute Gasteiger partial charge is 0.469 e. The van der Waals surface area contributed by atoms with Crippen molar-refractivity contribution in [3.8, 4) is 0 Å². The topological polar surface area (TPSA) is 82.5 Å². The van der Waals surface area contributed by atoms with Crippen LogP contribution in [0, 0.1) is 5.41 Å². The standard InChI is InChI=1S/C16H21BrN4O2/c1-15(5-4-6-16(2,9-15)14(22)23-3)13-20-11(17)10-12(18)19-7-8-21(10)13/h7-8H,4-6,9H2,1-3H3,(H2,18,19)/t15-,16-/m1/s1. The summed E-state index contributed by atoms with van der Waals surface area (Å²) in [7, 11) is 1.45. The maximum absolute atomic E-state index is 12.2. The summed E-state index contributed by atoms with van der Waals surface area (Å²) < 4.78 is 7.69. The van der Waals surface area contributed by atoms with Crippen LogP contribution in [0.25, 0.3) is 5.52 Å². The molecule has 0 spiro atoms. The maximum atomic E-state index is 12.2. The van der Waals surface area contributed by atoms with Gasteiger partial charge in [-0.3, -0.25) is 9.20 Å². The summed E-state index contributed by atoms with van der Waals surface area (Å²) in [4.78, 5) is 21.1. The third-order valence-electron chi connectivity index (χ3n) is 5.00. The van der Waals surface area contributed by atoms with Crippen LogP contribution >= 0.6 is 15.9 Å². The van der Waals surface area contributed by atoms with E-state index in [9.17, 15) is 4.79 Å². The van der Waals surface area contributed by atoms with Crippen molar-refractivity contribution in [1.82, 2.24) is 14.4 Å². The molecule has 0 unspecified atom stereocenters. The SMILES string of the molecule is COC(=O)[C@]1(C)CCC[C@@](C)(c2nc(Br)c3c(N)nccn23)C1. The number of fused-ring (bicyclic) bond motifs is 1. The molecule has 1 aliphatic carbocycles. The number of nitrogen functional groups attached to an aromatic ring is 1. The molecule has 1 saturated carbocycles. The number of nitrogens with two attached hydrogens (primary N) is 1. The Morgan fingerprint density at radius 1 is 1.43 bits per heavy atom. The number of rotatable bonds is 2. The number of carbonyl (C=O) groups excluding carboxylic acids is 1. The highest BCUT2D eigenvalue weighted by atomic mass is 79.9. The summed E-state index contributed by atoms with van der Waals surface area (Å²) in [6.07, 6.45) is 6.99. The van der Waals surface area contributed by atoms with E-state index in [0.29, 0.717) is 16.8 Å². The van der Waals surface area contributed by atoms with Crippen LogP contribution in [-0.4, -0.2) is 27.4 Å². The summed E-state index contributed by atoms with van der Waals surface area (Å²) >= 11 is 3.49. The quantitative estimate of drug-likeness (QED) is 0.809. The summed E-state index contributed by atoms with van der Waals surface area (Å²) in [5, 5.41) is 0. The van der Waals surface area contributed by atoms with Gasteiger partial charge in [0.15, 0.2) is 5.82 Å². The maximum Gasteiger partial charge on any atom is 0.311 e. The second kappa shape index (κ2) is 5.47. The highest BCUT2D eigenvalue weighted by Crippen LogP contribution is 2.48. The molecule has 2 atom stereocenters. The molecule has 2 heterocycles. The first-order valence-corrected chi connectivity index (χ1v) is 8.47. The van der Waals surface area contributed by atoms with Gasteiger partial charge in [0, 0.05) is 17.8 Å². The van der Waals surface area contributed by atoms with Crippen molar-refractivity contribution < 1.29 is 9.53 Å². The molecular weight excluding hydrogens is 360 g/mol. The Hall–Kier alpha value is -1.63. The molecule has 2 aromatic heterocycles. The third kappa shape index (κ3) is 2.51. The Labute approximate surface area is 143 Å². The normalized spacial score (nSPS) is 28.0. The van der Waals surface area contributed by atoms with Crippen LogP contribution in [0.4, 0.5) is 5.82 Å². The number of aromatic nitrogens is 3. The predicted octanol–water partition coefficient (Wildman–Crippen LogP) is 3.09. The fraction of sp³-hybridized carbons (Fsp3) is 0.562. The molecule has 3 rings (SSSR count). The predicted molar refractivity (Wildman–Crippen MR) is 91.0 cm³/mol. The van der Waals surface area contributed by atoms with Gasteiger partial charge in [-0.15, -0.1) is 0 Å². The van der Waals surface area contributed by atoms with Crippen LogP contribution < -0.4 is 5.73 Å². The zero-order chi connectivity index (χ0) is 16.8. The van der Waals surface area contributed by atoms with Gasteiger partial charge < -0.3 is 10.5 Å². The summed E-state index contributed by atoms with van der Waals surface area (Å²) in [6, 6.07) is 0. The number of carbonyl (C=O) groups is 1. The van der Waals surface area contributed by atoms with Gasteiger partial charge in [0.1, 0.15) is 15.9 Å². The minimum absolute atomic E-state index is 0.149. The number of ether oxygens (including phenoxy) is 1. The molecule has 2 aromatic rings. The molecule has 1 fully saturated rings. The number of halogens is 1. The Bertz CT molecular complexity index is 775. The molecule has 6 nitrogen and oxygen atoms in total. The van der Waals surface area contributed by atoms with Gasteiger partial charge in [-0.05, 0) is 42.1 Å². The van der Waals surface area contributed by atoms with Crippen molar-refractivity contribution >= 4 is 33.2 Å². The molecule has 0 amide bonds. The van der Waals surface area contributed by atoms with Crippen molar-refractivity contribution in [2.24, 2.45) is 5.41 Å². The first-order valence-electron chi connectivity index (χ1n) is 7.68. The van der Waals surface area contributed by atoms with Gasteiger partial charge in [0.2, 0.25) is 0 Å². The van der Waals surface area contributed by atoms with E-state index in [0.717, 1.165) is 30.6 Å². The number of imidazole rings is 1. The summed E-state index contributed by atoms with van der Waals surface area (Å²) in [6.45, 7) is 4.14. The number of hydrogen-bond donors (Lipinski definition) is 1. The minimum atomic E-state index is -0.487. The number of anilines is 1. The van der Waals surface area contributed by atoms with Crippen LogP contribution in [0.2, 0.25) is 0 Å². The minimum Gasteiger partial charge on any atom is -0.469 e. The Morgan fingerprint density at radius 2 is 2.17 bits per heavy atom. The lowest BCUT2D eigenvalue weighted by Crippen LogP contribution is -2.42. The highest BCUT2D eigenvalue weighted by Gasteiger charge is 2.47. The lowest BCUT2D eigenvalue weighted by atomic mass is 9.63. The van der Waals surface area contributed by atoms with E-state index >= 15 is 0 Å². The number of esters is 1. The van der Waals surface area contributed by atoms with E-state index in [1.807, 2.05) is 17.5 Å². The molecule has 0 bridgehead atoms. The first kappa shape index (κ1) is 16.2. The molecule has 0 saturated heterocycles. The summed E-state index contributed by atoms with van der Waals surface area (Å²) in [5.41, 5.74) is 6.04. The van der Waals surface area contributed by atoms with Crippen LogP contribution in [-0.2, 0) is 14.9 Å². The highest BCUT2D eigenvalue weighted by molar-refractivity contribution is 9.10. The Morgan fingerprint density at radius 3 is 2.87 bits per heavy atom. The average molecular weight is 381 g/mol. The number of hydrogen-bond acceptors (Lipinski definition) is 5. The molecule has 124 valence electrons. The molecule has 0 aliphatic heterocycles. The molecule has 23 heavy (non-hydrogen) atoms. The van der Waals surface area contributed by atoms with Gasteiger partial charge in [-0.2, -0.15) is 0 Å². The van der Waals surface area contributed by atoms with Crippen LogP contribution in [0.5, 0.6) is 0 Å². The van der Waals surface area contributed by atoms with E-state index in [2.05, 4.69) is 27.8 Å². The van der Waals surface area contributed by atoms with Gasteiger partial charge in [-0.25, -0.2) is 9.97 Å². The second-order valence-electron chi connectivity index (χ2n) is 6.90. The number of nitrogens with zero attached hydrogens (tertiary/aromatic N) is 3. The van der Waals surface area contributed by atoms with Crippen molar-refractivity contribution in [2.75, 3.05) is 12.8 Å². The van der Waals surface area contributed by atoms with E-state index < -0.39 is 5.41 Å². The van der Waals surface area contributed by atoms with E-state index in [4.69, 9.17) is 15.5 Å². The van der Waals surface area contributed by atoms with E-state index in [1.165, 1.54) is 7.11 Å². The van der Waals surface area contributed by atoms with E-state index in [-0.39, 0.29) is 11.4 Å². The van der Waals surface area contributed by atoms with E-state index in [1.54, 1.807) is 6.20 Å².